The maximum atomic E-state index is 11.7. The van der Waals surface area contributed by atoms with Crippen molar-refractivity contribution in [3.8, 4) is 5.75 Å². The summed E-state index contributed by atoms with van der Waals surface area (Å²) in [6, 6.07) is 9.34. The second-order valence-electron chi connectivity index (χ2n) is 4.01. The summed E-state index contributed by atoms with van der Waals surface area (Å²) in [5.41, 5.74) is 3.23. The van der Waals surface area contributed by atoms with Gasteiger partial charge in [0.15, 0.2) is 0 Å². The van der Waals surface area contributed by atoms with Gasteiger partial charge >= 0.3 is 0 Å². The van der Waals surface area contributed by atoms with E-state index in [1.165, 1.54) is 11.3 Å². The number of methoxy groups -OCH3 is 1. The van der Waals surface area contributed by atoms with Gasteiger partial charge in [-0.25, -0.2) is 5.43 Å². The van der Waals surface area contributed by atoms with Crippen molar-refractivity contribution in [1.29, 1.82) is 0 Å². The van der Waals surface area contributed by atoms with Crippen molar-refractivity contribution in [1.82, 2.24) is 5.43 Å². The monoisotopic (exact) mass is 367 g/mol. The average Bonchev–Trinajstić information content (AvgIpc) is 2.91. The van der Waals surface area contributed by atoms with Crippen LogP contribution in [0.4, 0.5) is 5.69 Å². The molecule has 0 bridgehead atoms. The quantitative estimate of drug-likeness (QED) is 0.609. The first-order valence-corrected chi connectivity index (χ1v) is 7.79. The molecule has 0 saturated heterocycles. The summed E-state index contributed by atoms with van der Waals surface area (Å²) in [4.78, 5) is 12.6. The minimum atomic E-state index is -0.229. The lowest BCUT2D eigenvalue weighted by molar-refractivity contribution is -0.119. The number of nitrogens with one attached hydrogen (secondary N) is 2. The van der Waals surface area contributed by atoms with Crippen molar-refractivity contribution >= 4 is 45.1 Å². The van der Waals surface area contributed by atoms with Crippen LogP contribution in [0.5, 0.6) is 5.75 Å². The Bertz CT molecular complexity index is 643. The summed E-state index contributed by atoms with van der Waals surface area (Å²) in [6.07, 6.45) is 1.61. The zero-order valence-corrected chi connectivity index (χ0v) is 13.7. The molecular formula is C14H14BrN3O2S. The first-order valence-electron chi connectivity index (χ1n) is 6.12. The highest BCUT2D eigenvalue weighted by Gasteiger charge is 2.03. The predicted molar refractivity (Wildman–Crippen MR) is 89.2 cm³/mol. The summed E-state index contributed by atoms with van der Waals surface area (Å²) < 4.78 is 6.19. The molecule has 21 heavy (non-hydrogen) atoms. The number of ether oxygens (including phenoxy) is 1. The first-order chi connectivity index (χ1) is 10.2. The Morgan fingerprint density at radius 1 is 1.48 bits per heavy atom. The Balaban J connectivity index is 1.81. The lowest BCUT2D eigenvalue weighted by atomic mass is 10.3. The largest absolute Gasteiger partial charge is 0.495 e. The lowest BCUT2D eigenvalue weighted by Crippen LogP contribution is -2.25. The van der Waals surface area contributed by atoms with Gasteiger partial charge in [-0.3, -0.25) is 4.79 Å². The van der Waals surface area contributed by atoms with Gasteiger partial charge in [0.1, 0.15) is 5.75 Å². The lowest BCUT2D eigenvalue weighted by Gasteiger charge is -2.09. The third-order valence-corrected chi connectivity index (χ3v) is 4.14. The number of rotatable bonds is 6. The van der Waals surface area contributed by atoms with E-state index in [9.17, 15) is 4.79 Å². The van der Waals surface area contributed by atoms with E-state index in [1.54, 1.807) is 13.3 Å². The number of amides is 1. The number of benzene rings is 1. The first kappa shape index (κ1) is 15.5. The fourth-order valence-corrected chi connectivity index (χ4v) is 2.87. The molecule has 0 fully saturated rings. The standard InChI is InChI=1S/C14H14BrN3O2S/c1-20-13-5-3-2-4-12(13)16-8-14(19)18-17-7-11-6-10(15)9-21-11/h2-7,9,16H,8H2,1H3,(H,18,19). The van der Waals surface area contributed by atoms with Gasteiger partial charge in [0.25, 0.3) is 5.91 Å². The van der Waals surface area contributed by atoms with Crippen LogP contribution in [-0.2, 0) is 4.79 Å². The Morgan fingerprint density at radius 2 is 2.29 bits per heavy atom. The molecule has 0 radical (unpaired) electrons. The summed E-state index contributed by atoms with van der Waals surface area (Å²) in [5, 5.41) is 8.86. The highest BCUT2D eigenvalue weighted by molar-refractivity contribution is 9.10. The number of hydrazone groups is 1. The van der Waals surface area contributed by atoms with Crippen molar-refractivity contribution in [2.75, 3.05) is 19.0 Å². The van der Waals surface area contributed by atoms with Crippen LogP contribution in [0.3, 0.4) is 0 Å². The zero-order valence-electron chi connectivity index (χ0n) is 11.3. The number of hydrogen-bond acceptors (Lipinski definition) is 5. The molecule has 2 aromatic rings. The molecule has 2 N–H and O–H groups in total. The van der Waals surface area contributed by atoms with Crippen molar-refractivity contribution in [2.45, 2.75) is 0 Å². The fourth-order valence-electron chi connectivity index (χ4n) is 1.57. The molecule has 110 valence electrons. The van der Waals surface area contributed by atoms with Crippen LogP contribution in [0.1, 0.15) is 4.88 Å². The van der Waals surface area contributed by atoms with Gasteiger partial charge in [-0.1, -0.05) is 12.1 Å². The molecule has 5 nitrogen and oxygen atoms in total. The van der Waals surface area contributed by atoms with E-state index < -0.39 is 0 Å². The Hall–Kier alpha value is -1.86. The molecule has 0 spiro atoms. The normalized spacial score (nSPS) is 10.6. The van der Waals surface area contributed by atoms with E-state index in [0.29, 0.717) is 5.75 Å². The van der Waals surface area contributed by atoms with Gasteiger partial charge in [0.2, 0.25) is 0 Å². The topological polar surface area (TPSA) is 62.7 Å². The average molecular weight is 368 g/mol. The molecule has 0 atom stereocenters. The van der Waals surface area contributed by atoms with E-state index in [2.05, 4.69) is 31.8 Å². The van der Waals surface area contributed by atoms with Gasteiger partial charge in [-0.2, -0.15) is 5.10 Å². The Kier molecular flexibility index (Phi) is 5.77. The smallest absolute Gasteiger partial charge is 0.259 e. The molecule has 0 aliphatic heterocycles. The van der Waals surface area contributed by atoms with Crippen LogP contribution in [0, 0.1) is 0 Å². The number of carbonyl (C=O) groups is 1. The summed E-state index contributed by atoms with van der Waals surface area (Å²) >= 11 is 4.89. The van der Waals surface area contributed by atoms with Gasteiger partial charge < -0.3 is 10.1 Å². The van der Waals surface area contributed by atoms with E-state index in [4.69, 9.17) is 4.74 Å². The second-order valence-corrected chi connectivity index (χ2v) is 5.87. The van der Waals surface area contributed by atoms with Crippen LogP contribution >= 0.6 is 27.3 Å². The SMILES string of the molecule is COc1ccccc1NCC(=O)NN=Cc1cc(Br)cs1. The molecule has 1 heterocycles. The number of para-hydroxylation sites is 2. The van der Waals surface area contributed by atoms with E-state index in [1.807, 2.05) is 35.7 Å². The van der Waals surface area contributed by atoms with E-state index in [-0.39, 0.29) is 12.5 Å². The highest BCUT2D eigenvalue weighted by Crippen LogP contribution is 2.22. The molecule has 0 saturated carbocycles. The van der Waals surface area contributed by atoms with Crippen LogP contribution in [0.2, 0.25) is 0 Å². The second kappa shape index (κ2) is 7.80. The molecule has 7 heteroatoms. The third kappa shape index (κ3) is 4.87. The maximum absolute atomic E-state index is 11.7. The molecular weight excluding hydrogens is 354 g/mol. The highest BCUT2D eigenvalue weighted by atomic mass is 79.9. The van der Waals surface area contributed by atoms with Crippen LogP contribution < -0.4 is 15.5 Å². The molecule has 0 unspecified atom stereocenters. The van der Waals surface area contributed by atoms with Gasteiger partial charge in [-0.05, 0) is 34.1 Å². The molecule has 1 aromatic heterocycles. The maximum Gasteiger partial charge on any atom is 0.259 e. The number of halogens is 1. The van der Waals surface area contributed by atoms with Crippen molar-refractivity contribution < 1.29 is 9.53 Å². The fraction of sp³-hybridized carbons (Fsp3) is 0.143. The Labute approximate surface area is 135 Å². The minimum Gasteiger partial charge on any atom is -0.495 e. The number of hydrogen-bond donors (Lipinski definition) is 2. The predicted octanol–water partition coefficient (Wildman–Crippen LogP) is 3.08. The molecule has 2 rings (SSSR count). The molecule has 1 amide bonds. The van der Waals surface area contributed by atoms with Gasteiger partial charge in [-0.15, -0.1) is 11.3 Å². The number of thiophene rings is 1. The van der Waals surface area contributed by atoms with Crippen molar-refractivity contribution in [2.24, 2.45) is 5.10 Å². The number of nitrogens with zero attached hydrogens (tertiary/aromatic N) is 1. The van der Waals surface area contributed by atoms with Gasteiger partial charge in [0, 0.05) is 14.7 Å². The van der Waals surface area contributed by atoms with Crippen LogP contribution in [-0.4, -0.2) is 25.8 Å². The summed E-state index contributed by atoms with van der Waals surface area (Å²) in [7, 11) is 1.59. The third-order valence-electron chi connectivity index (χ3n) is 2.52. The summed E-state index contributed by atoms with van der Waals surface area (Å²) in [6.45, 7) is 0.117. The van der Waals surface area contributed by atoms with Gasteiger partial charge in [0.05, 0.1) is 25.6 Å². The zero-order chi connectivity index (χ0) is 15.1. The van der Waals surface area contributed by atoms with Crippen molar-refractivity contribution in [3.63, 3.8) is 0 Å². The Morgan fingerprint density at radius 3 is 3.00 bits per heavy atom. The van der Waals surface area contributed by atoms with Crippen LogP contribution in [0.25, 0.3) is 0 Å². The van der Waals surface area contributed by atoms with E-state index >= 15 is 0 Å². The van der Waals surface area contributed by atoms with Crippen LogP contribution in [0.15, 0.2) is 45.3 Å². The van der Waals surface area contributed by atoms with Crippen molar-refractivity contribution in [3.05, 3.63) is 45.1 Å². The minimum absolute atomic E-state index is 0.117. The molecule has 0 aliphatic carbocycles. The van der Waals surface area contributed by atoms with E-state index in [0.717, 1.165) is 15.0 Å². The number of anilines is 1. The molecule has 0 aliphatic rings. The summed E-state index contributed by atoms with van der Waals surface area (Å²) in [5.74, 6) is 0.463. The molecule has 1 aromatic carbocycles. The number of carbonyl (C=O) groups excluding carboxylic acids is 1.